The maximum Gasteiger partial charge on any atom is 0.174 e. The molecule has 0 amide bonds. The van der Waals surface area contributed by atoms with Crippen molar-refractivity contribution in [2.75, 3.05) is 0 Å². The zero-order valence-electron chi connectivity index (χ0n) is 9.97. The van der Waals surface area contributed by atoms with Gasteiger partial charge in [0, 0.05) is 10.9 Å². The van der Waals surface area contributed by atoms with E-state index in [9.17, 15) is 0 Å². The monoisotopic (exact) mass is 299 g/mol. The Morgan fingerprint density at radius 3 is 3.00 bits per heavy atom. The van der Waals surface area contributed by atoms with Crippen LogP contribution in [0.3, 0.4) is 0 Å². The molecule has 1 atom stereocenters. The number of benzene rings is 1. The second-order valence-electron chi connectivity index (χ2n) is 3.91. The Kier molecular flexibility index (Phi) is 5.00. The molecule has 96 valence electrons. The molecule has 0 fully saturated rings. The fourth-order valence-electron chi connectivity index (χ4n) is 1.55. The first kappa shape index (κ1) is 13.8. The third-order valence-electron chi connectivity index (χ3n) is 2.59. The number of nitrogens with zero attached hydrogens (tertiary/aromatic N) is 2. The largest absolute Gasteiger partial charge is 0.327 e. The average molecular weight is 300 g/mol. The molecular formula is C12H14ClN3S2. The van der Waals surface area contributed by atoms with Gasteiger partial charge in [-0.1, -0.05) is 42.4 Å². The van der Waals surface area contributed by atoms with Gasteiger partial charge in [-0.2, -0.15) is 4.37 Å². The average Bonchev–Trinajstić information content (AvgIpc) is 2.86. The topological polar surface area (TPSA) is 51.8 Å². The lowest BCUT2D eigenvalue weighted by Gasteiger charge is -2.13. The smallest absolute Gasteiger partial charge is 0.174 e. The number of aromatic nitrogens is 2. The number of halogens is 1. The van der Waals surface area contributed by atoms with Crippen molar-refractivity contribution < 1.29 is 0 Å². The van der Waals surface area contributed by atoms with E-state index in [2.05, 4.69) is 22.3 Å². The van der Waals surface area contributed by atoms with Crippen LogP contribution in [0, 0.1) is 0 Å². The Labute approximate surface area is 120 Å². The molecule has 0 aliphatic carbocycles. The van der Waals surface area contributed by atoms with E-state index < -0.39 is 0 Å². The molecule has 0 aliphatic rings. The predicted octanol–water partition coefficient (Wildman–Crippen LogP) is 3.62. The third-order valence-corrected chi connectivity index (χ3v) is 4.91. The Morgan fingerprint density at radius 1 is 1.50 bits per heavy atom. The lowest BCUT2D eigenvalue weighted by Crippen LogP contribution is -2.21. The van der Waals surface area contributed by atoms with E-state index in [1.807, 2.05) is 12.1 Å². The van der Waals surface area contributed by atoms with Gasteiger partial charge >= 0.3 is 0 Å². The van der Waals surface area contributed by atoms with Crippen molar-refractivity contribution in [1.29, 1.82) is 0 Å². The first-order chi connectivity index (χ1) is 8.70. The molecule has 0 aliphatic heterocycles. The summed E-state index contributed by atoms with van der Waals surface area (Å²) in [6, 6.07) is 6.10. The molecule has 1 aromatic carbocycles. The van der Waals surface area contributed by atoms with Crippen molar-refractivity contribution >= 4 is 34.9 Å². The molecule has 1 heterocycles. The molecule has 1 unspecified atom stereocenters. The van der Waals surface area contributed by atoms with Crippen molar-refractivity contribution in [1.82, 2.24) is 9.36 Å². The van der Waals surface area contributed by atoms with Crippen LogP contribution in [0.1, 0.15) is 18.9 Å². The van der Waals surface area contributed by atoms with Gasteiger partial charge in [-0.15, -0.1) is 0 Å². The Bertz CT molecular complexity index is 502. The van der Waals surface area contributed by atoms with Gasteiger partial charge in [0.05, 0.1) is 5.02 Å². The predicted molar refractivity (Wildman–Crippen MR) is 77.5 cm³/mol. The van der Waals surface area contributed by atoms with Gasteiger partial charge in [0.15, 0.2) is 4.34 Å². The number of hydrogen-bond acceptors (Lipinski definition) is 5. The third kappa shape index (κ3) is 3.45. The molecule has 0 radical (unpaired) electrons. The second kappa shape index (κ2) is 6.52. The summed E-state index contributed by atoms with van der Waals surface area (Å²) in [6.07, 6.45) is 3.34. The van der Waals surface area contributed by atoms with Crippen LogP contribution in [0.15, 0.2) is 33.8 Å². The van der Waals surface area contributed by atoms with Gasteiger partial charge in [-0.3, -0.25) is 0 Å². The Balaban J connectivity index is 2.26. The van der Waals surface area contributed by atoms with Gasteiger partial charge in [-0.25, -0.2) is 4.98 Å². The summed E-state index contributed by atoms with van der Waals surface area (Å²) in [5, 5.41) is 0.746. The van der Waals surface area contributed by atoms with Crippen LogP contribution in [0.5, 0.6) is 0 Å². The van der Waals surface area contributed by atoms with Crippen LogP contribution < -0.4 is 5.73 Å². The first-order valence-corrected chi connectivity index (χ1v) is 7.65. The van der Waals surface area contributed by atoms with E-state index >= 15 is 0 Å². The molecule has 2 aromatic rings. The van der Waals surface area contributed by atoms with Crippen LogP contribution in [-0.2, 0) is 6.42 Å². The molecule has 0 saturated carbocycles. The quantitative estimate of drug-likeness (QED) is 0.916. The van der Waals surface area contributed by atoms with Crippen LogP contribution in [0.2, 0.25) is 5.02 Å². The lowest BCUT2D eigenvalue weighted by atomic mass is 10.0. The van der Waals surface area contributed by atoms with Crippen molar-refractivity contribution in [3.05, 3.63) is 35.1 Å². The zero-order valence-corrected chi connectivity index (χ0v) is 12.4. The maximum atomic E-state index is 6.27. The highest BCUT2D eigenvalue weighted by Gasteiger charge is 2.12. The molecule has 0 saturated heterocycles. The van der Waals surface area contributed by atoms with Crippen molar-refractivity contribution in [3.63, 3.8) is 0 Å². The molecule has 0 bridgehead atoms. The first-order valence-electron chi connectivity index (χ1n) is 5.68. The summed E-state index contributed by atoms with van der Waals surface area (Å²) in [6.45, 7) is 2.09. The SMILES string of the molecule is CCC(N)Cc1cccc(Cl)c1Sc1ncns1. The number of hydrogen-bond donors (Lipinski definition) is 1. The Morgan fingerprint density at radius 2 is 2.33 bits per heavy atom. The Hall–Kier alpha value is -0.620. The minimum Gasteiger partial charge on any atom is -0.327 e. The summed E-state index contributed by atoms with van der Waals surface area (Å²) in [5.41, 5.74) is 7.20. The molecule has 6 heteroatoms. The summed E-state index contributed by atoms with van der Waals surface area (Å²) < 4.78 is 4.89. The fourth-order valence-corrected chi connectivity index (χ4v) is 3.39. The highest BCUT2D eigenvalue weighted by atomic mass is 35.5. The highest BCUT2D eigenvalue weighted by Crippen LogP contribution is 2.36. The maximum absolute atomic E-state index is 6.27. The fraction of sp³-hybridized carbons (Fsp3) is 0.333. The zero-order chi connectivity index (χ0) is 13.0. The van der Waals surface area contributed by atoms with Gasteiger partial charge in [0.25, 0.3) is 0 Å². The van der Waals surface area contributed by atoms with E-state index in [0.717, 1.165) is 27.1 Å². The summed E-state index contributed by atoms with van der Waals surface area (Å²) in [7, 11) is 0. The molecule has 2 N–H and O–H groups in total. The summed E-state index contributed by atoms with van der Waals surface area (Å²) in [4.78, 5) is 5.22. The van der Waals surface area contributed by atoms with Crippen molar-refractivity contribution in [2.45, 2.75) is 35.0 Å². The second-order valence-corrected chi connectivity index (χ2v) is 6.35. The number of rotatable bonds is 5. The van der Waals surface area contributed by atoms with Gasteiger partial charge < -0.3 is 5.73 Å². The molecular weight excluding hydrogens is 286 g/mol. The van der Waals surface area contributed by atoms with Crippen LogP contribution in [0.25, 0.3) is 0 Å². The van der Waals surface area contributed by atoms with Crippen LogP contribution in [0.4, 0.5) is 0 Å². The molecule has 18 heavy (non-hydrogen) atoms. The van der Waals surface area contributed by atoms with Crippen LogP contribution in [-0.4, -0.2) is 15.4 Å². The van der Waals surface area contributed by atoms with Crippen LogP contribution >= 0.6 is 34.9 Å². The number of nitrogens with two attached hydrogens (primary N) is 1. The van der Waals surface area contributed by atoms with Crippen molar-refractivity contribution in [2.24, 2.45) is 5.73 Å². The standard InChI is InChI=1S/C12H14ClN3S2/c1-2-9(14)6-8-4-3-5-10(13)11(8)17-12-15-7-16-18-12/h3-5,7,9H,2,6,14H2,1H3. The van der Waals surface area contributed by atoms with Crippen molar-refractivity contribution in [3.8, 4) is 0 Å². The minimum absolute atomic E-state index is 0.164. The van der Waals surface area contributed by atoms with E-state index in [-0.39, 0.29) is 6.04 Å². The molecule has 3 nitrogen and oxygen atoms in total. The van der Waals surface area contributed by atoms with Gasteiger partial charge in [0.2, 0.25) is 0 Å². The van der Waals surface area contributed by atoms with E-state index in [0.29, 0.717) is 0 Å². The molecule has 0 spiro atoms. The van der Waals surface area contributed by atoms with Gasteiger partial charge in [-0.05, 0) is 36.0 Å². The lowest BCUT2D eigenvalue weighted by molar-refractivity contribution is 0.641. The molecule has 2 rings (SSSR count). The summed E-state index contributed by atoms with van der Waals surface area (Å²) >= 11 is 9.20. The highest BCUT2D eigenvalue weighted by molar-refractivity contribution is 8.01. The van der Waals surface area contributed by atoms with E-state index in [4.69, 9.17) is 17.3 Å². The normalized spacial score (nSPS) is 12.6. The minimum atomic E-state index is 0.164. The van der Waals surface area contributed by atoms with E-state index in [1.165, 1.54) is 17.1 Å². The molecule has 1 aromatic heterocycles. The van der Waals surface area contributed by atoms with E-state index in [1.54, 1.807) is 18.1 Å². The summed E-state index contributed by atoms with van der Waals surface area (Å²) in [5.74, 6) is 0. The van der Waals surface area contributed by atoms with Gasteiger partial charge in [0.1, 0.15) is 6.33 Å².